The lowest BCUT2D eigenvalue weighted by Gasteiger charge is -2.07. The third-order valence-electron chi connectivity index (χ3n) is 2.73. The highest BCUT2D eigenvalue weighted by Crippen LogP contribution is 2.03. The number of nitriles is 1. The number of aryl methyl sites for hydroxylation is 1. The van der Waals surface area contributed by atoms with Crippen LogP contribution in [-0.2, 0) is 0 Å². The van der Waals surface area contributed by atoms with Gasteiger partial charge in [-0.3, -0.25) is 4.79 Å². The van der Waals surface area contributed by atoms with Crippen LogP contribution in [0.4, 0.5) is 5.82 Å². The molecule has 0 aromatic carbocycles. The molecule has 0 bridgehead atoms. The second-order valence-electron chi connectivity index (χ2n) is 4.39. The van der Waals surface area contributed by atoms with Gasteiger partial charge >= 0.3 is 0 Å². The molecule has 2 aromatic heterocycles. The van der Waals surface area contributed by atoms with Crippen molar-refractivity contribution in [3.8, 4) is 6.07 Å². The van der Waals surface area contributed by atoms with Crippen molar-refractivity contribution in [1.29, 1.82) is 5.26 Å². The maximum atomic E-state index is 11.8. The molecule has 6 nitrogen and oxygen atoms in total. The first-order valence-corrected chi connectivity index (χ1v) is 6.51. The van der Waals surface area contributed by atoms with Gasteiger partial charge in [-0.1, -0.05) is 6.07 Å². The predicted molar refractivity (Wildman–Crippen MR) is 78.7 cm³/mol. The summed E-state index contributed by atoms with van der Waals surface area (Å²) in [4.78, 5) is 20.1. The fourth-order valence-corrected chi connectivity index (χ4v) is 1.69. The van der Waals surface area contributed by atoms with Crippen LogP contribution in [0.2, 0.25) is 0 Å². The third kappa shape index (κ3) is 4.28. The minimum Gasteiger partial charge on any atom is -0.368 e. The molecule has 1 amide bonds. The Kier molecular flexibility index (Phi) is 4.83. The van der Waals surface area contributed by atoms with Crippen molar-refractivity contribution in [3.05, 3.63) is 53.5 Å². The normalized spacial score (nSPS) is 9.71. The van der Waals surface area contributed by atoms with Crippen LogP contribution in [0.15, 0.2) is 36.5 Å². The van der Waals surface area contributed by atoms with E-state index in [0.29, 0.717) is 30.2 Å². The molecule has 2 rings (SSSR count). The van der Waals surface area contributed by atoms with Crippen LogP contribution in [0.5, 0.6) is 0 Å². The number of aromatic nitrogens is 2. The molecule has 106 valence electrons. The van der Waals surface area contributed by atoms with Crippen LogP contribution in [0.25, 0.3) is 0 Å². The van der Waals surface area contributed by atoms with Crippen LogP contribution in [0.3, 0.4) is 0 Å². The molecule has 2 heterocycles. The summed E-state index contributed by atoms with van der Waals surface area (Å²) in [5.74, 6) is 0.463. The van der Waals surface area contributed by atoms with Crippen molar-refractivity contribution in [2.45, 2.75) is 6.92 Å². The quantitative estimate of drug-likeness (QED) is 0.810. The fourth-order valence-electron chi connectivity index (χ4n) is 1.69. The summed E-state index contributed by atoms with van der Waals surface area (Å²) >= 11 is 0. The SMILES string of the molecule is Cc1cccc(C(=O)NCCNc2ccc(C#N)cn2)n1. The molecule has 0 fully saturated rings. The Morgan fingerprint density at radius 3 is 2.81 bits per heavy atom. The third-order valence-corrected chi connectivity index (χ3v) is 2.73. The Balaban J connectivity index is 1.76. The van der Waals surface area contributed by atoms with E-state index in [0.717, 1.165) is 5.69 Å². The zero-order valence-electron chi connectivity index (χ0n) is 11.6. The van der Waals surface area contributed by atoms with E-state index in [4.69, 9.17) is 5.26 Å². The summed E-state index contributed by atoms with van der Waals surface area (Å²) in [6, 6.07) is 10.7. The summed E-state index contributed by atoms with van der Waals surface area (Å²) in [6.07, 6.45) is 1.50. The Morgan fingerprint density at radius 1 is 1.29 bits per heavy atom. The largest absolute Gasteiger partial charge is 0.368 e. The summed E-state index contributed by atoms with van der Waals surface area (Å²) in [5.41, 5.74) is 1.73. The number of hydrogen-bond acceptors (Lipinski definition) is 5. The van der Waals surface area contributed by atoms with Gasteiger partial charge in [0.15, 0.2) is 0 Å². The van der Waals surface area contributed by atoms with E-state index in [-0.39, 0.29) is 5.91 Å². The molecule has 21 heavy (non-hydrogen) atoms. The second kappa shape index (κ2) is 7.01. The number of rotatable bonds is 5. The first-order valence-electron chi connectivity index (χ1n) is 6.51. The molecule has 2 aromatic rings. The molecule has 0 saturated heterocycles. The fraction of sp³-hybridized carbons (Fsp3) is 0.200. The number of carbonyl (C=O) groups is 1. The summed E-state index contributed by atoms with van der Waals surface area (Å²) in [7, 11) is 0. The van der Waals surface area contributed by atoms with E-state index in [9.17, 15) is 4.79 Å². The van der Waals surface area contributed by atoms with Crippen molar-refractivity contribution in [2.24, 2.45) is 0 Å². The van der Waals surface area contributed by atoms with Gasteiger partial charge in [0.05, 0.1) is 5.56 Å². The first-order chi connectivity index (χ1) is 10.2. The van der Waals surface area contributed by atoms with Crippen molar-refractivity contribution >= 4 is 11.7 Å². The molecular formula is C15H15N5O. The van der Waals surface area contributed by atoms with Gasteiger partial charge in [-0.25, -0.2) is 9.97 Å². The van der Waals surface area contributed by atoms with Crippen LogP contribution in [0.1, 0.15) is 21.7 Å². The molecule has 0 unspecified atom stereocenters. The van der Waals surface area contributed by atoms with Crippen LogP contribution in [-0.4, -0.2) is 29.0 Å². The minimum atomic E-state index is -0.201. The van der Waals surface area contributed by atoms with Gasteiger partial charge < -0.3 is 10.6 Å². The van der Waals surface area contributed by atoms with E-state index in [1.165, 1.54) is 6.20 Å². The van der Waals surface area contributed by atoms with Crippen LogP contribution >= 0.6 is 0 Å². The van der Waals surface area contributed by atoms with Gasteiger partial charge in [-0.15, -0.1) is 0 Å². The lowest BCUT2D eigenvalue weighted by molar-refractivity contribution is 0.0950. The Hall–Kier alpha value is -2.94. The van der Waals surface area contributed by atoms with Gasteiger partial charge in [0.2, 0.25) is 0 Å². The molecule has 2 N–H and O–H groups in total. The summed E-state index contributed by atoms with van der Waals surface area (Å²) < 4.78 is 0. The number of nitrogens with zero attached hydrogens (tertiary/aromatic N) is 3. The highest BCUT2D eigenvalue weighted by molar-refractivity contribution is 5.92. The lowest BCUT2D eigenvalue weighted by Crippen LogP contribution is -2.29. The maximum Gasteiger partial charge on any atom is 0.269 e. The number of hydrogen-bond donors (Lipinski definition) is 2. The van der Waals surface area contributed by atoms with Crippen molar-refractivity contribution < 1.29 is 4.79 Å². The topological polar surface area (TPSA) is 90.7 Å². The standard InChI is InChI=1S/C15H15N5O/c1-11-3-2-4-13(20-11)15(21)18-8-7-17-14-6-5-12(9-16)10-19-14/h2-6,10H,7-8H2,1H3,(H,17,19)(H,18,21). The Morgan fingerprint density at radius 2 is 2.14 bits per heavy atom. The Bertz CT molecular complexity index is 661. The van der Waals surface area contributed by atoms with E-state index < -0.39 is 0 Å². The van der Waals surface area contributed by atoms with Crippen molar-refractivity contribution in [3.63, 3.8) is 0 Å². The maximum absolute atomic E-state index is 11.8. The van der Waals surface area contributed by atoms with Crippen LogP contribution < -0.4 is 10.6 Å². The molecule has 0 atom stereocenters. The number of carbonyl (C=O) groups excluding carboxylic acids is 1. The number of pyridine rings is 2. The lowest BCUT2D eigenvalue weighted by atomic mass is 10.3. The van der Waals surface area contributed by atoms with Gasteiger partial charge in [0.1, 0.15) is 17.6 Å². The minimum absolute atomic E-state index is 0.201. The average molecular weight is 281 g/mol. The number of anilines is 1. The average Bonchev–Trinajstić information content (AvgIpc) is 2.52. The summed E-state index contributed by atoms with van der Waals surface area (Å²) in [6.45, 7) is 2.83. The molecule has 0 saturated carbocycles. The van der Waals surface area contributed by atoms with E-state index in [1.807, 2.05) is 19.1 Å². The zero-order chi connectivity index (χ0) is 15.1. The molecule has 0 radical (unpaired) electrons. The monoisotopic (exact) mass is 281 g/mol. The zero-order valence-corrected chi connectivity index (χ0v) is 11.6. The smallest absolute Gasteiger partial charge is 0.269 e. The van der Waals surface area contributed by atoms with Gasteiger partial charge in [-0.2, -0.15) is 5.26 Å². The predicted octanol–water partition coefficient (Wildman–Crippen LogP) is 1.50. The number of amides is 1. The molecule has 0 aliphatic rings. The van der Waals surface area contributed by atoms with Gasteiger partial charge in [0.25, 0.3) is 5.91 Å². The molecule has 6 heteroatoms. The van der Waals surface area contributed by atoms with Gasteiger partial charge in [0, 0.05) is 25.0 Å². The molecular weight excluding hydrogens is 266 g/mol. The number of nitrogens with one attached hydrogen (secondary N) is 2. The Labute approximate surface area is 122 Å². The van der Waals surface area contributed by atoms with E-state index >= 15 is 0 Å². The van der Waals surface area contributed by atoms with E-state index in [2.05, 4.69) is 20.6 Å². The van der Waals surface area contributed by atoms with E-state index in [1.54, 1.807) is 24.3 Å². The van der Waals surface area contributed by atoms with Gasteiger partial charge in [-0.05, 0) is 31.2 Å². The van der Waals surface area contributed by atoms with Crippen molar-refractivity contribution in [2.75, 3.05) is 18.4 Å². The van der Waals surface area contributed by atoms with Crippen molar-refractivity contribution in [1.82, 2.24) is 15.3 Å². The molecule has 0 spiro atoms. The second-order valence-corrected chi connectivity index (χ2v) is 4.39. The summed E-state index contributed by atoms with van der Waals surface area (Å²) in [5, 5.41) is 14.5. The highest BCUT2D eigenvalue weighted by Gasteiger charge is 2.05. The highest BCUT2D eigenvalue weighted by atomic mass is 16.1. The van der Waals surface area contributed by atoms with Crippen LogP contribution in [0, 0.1) is 18.3 Å². The molecule has 0 aliphatic carbocycles. The molecule has 0 aliphatic heterocycles. The first kappa shape index (κ1) is 14.5.